The number of thiazole rings is 1. The van der Waals surface area contributed by atoms with Crippen LogP contribution < -0.4 is 5.32 Å². The van der Waals surface area contributed by atoms with E-state index in [0.717, 1.165) is 23.1 Å². The monoisotopic (exact) mass is 289 g/mol. The highest BCUT2D eigenvalue weighted by molar-refractivity contribution is 7.22. The summed E-state index contributed by atoms with van der Waals surface area (Å²) in [6, 6.07) is 7.06. The number of hydrogen-bond acceptors (Lipinski definition) is 4. The van der Waals surface area contributed by atoms with Crippen molar-refractivity contribution in [2.75, 3.05) is 25.0 Å². The summed E-state index contributed by atoms with van der Waals surface area (Å²) in [7, 11) is 0. The number of hydrogen-bond donors (Lipinski definition) is 1. The van der Waals surface area contributed by atoms with Crippen molar-refractivity contribution in [3.8, 4) is 0 Å². The van der Waals surface area contributed by atoms with Gasteiger partial charge in [0, 0.05) is 19.1 Å². The summed E-state index contributed by atoms with van der Waals surface area (Å²) in [4.78, 5) is 7.29. The van der Waals surface area contributed by atoms with Crippen LogP contribution in [0.25, 0.3) is 10.2 Å². The maximum Gasteiger partial charge on any atom is 0.183 e. The number of aryl methyl sites for hydroxylation is 1. The Kier molecular flexibility index (Phi) is 3.94. The molecule has 1 aliphatic heterocycles. The lowest BCUT2D eigenvalue weighted by Gasteiger charge is -2.20. The van der Waals surface area contributed by atoms with Crippen LogP contribution >= 0.6 is 11.3 Å². The molecule has 1 atom stereocenters. The Hall–Kier alpha value is -1.13. The molecule has 0 radical (unpaired) electrons. The zero-order chi connectivity index (χ0) is 14.1. The molecule has 3 rings (SSSR count). The highest BCUT2D eigenvalue weighted by Gasteiger charge is 2.24. The van der Waals surface area contributed by atoms with Gasteiger partial charge in [0.1, 0.15) is 0 Å². The molecule has 0 bridgehead atoms. The van der Waals surface area contributed by atoms with E-state index >= 15 is 0 Å². The van der Waals surface area contributed by atoms with Gasteiger partial charge in [0.25, 0.3) is 0 Å². The average molecular weight is 289 g/mol. The van der Waals surface area contributed by atoms with Gasteiger partial charge in [-0.2, -0.15) is 0 Å². The number of para-hydroxylation sites is 1. The Balaban J connectivity index is 1.62. The molecule has 1 aliphatic rings. The van der Waals surface area contributed by atoms with Gasteiger partial charge in [-0.3, -0.25) is 0 Å². The van der Waals surface area contributed by atoms with Gasteiger partial charge in [-0.15, -0.1) is 0 Å². The van der Waals surface area contributed by atoms with E-state index in [0.29, 0.717) is 6.04 Å². The van der Waals surface area contributed by atoms with E-state index in [1.807, 2.05) is 0 Å². The van der Waals surface area contributed by atoms with Crippen LogP contribution in [0, 0.1) is 12.8 Å². The van der Waals surface area contributed by atoms with E-state index in [2.05, 4.69) is 49.2 Å². The first kappa shape index (κ1) is 13.8. The van der Waals surface area contributed by atoms with E-state index in [1.165, 1.54) is 29.8 Å². The second-order valence-electron chi connectivity index (χ2n) is 6.06. The molecule has 1 N–H and O–H groups in total. The molecule has 0 spiro atoms. The number of nitrogens with one attached hydrogen (secondary N) is 1. The van der Waals surface area contributed by atoms with Gasteiger partial charge in [0.15, 0.2) is 5.13 Å². The number of likely N-dealkylation sites (tertiary alicyclic amines) is 1. The summed E-state index contributed by atoms with van der Waals surface area (Å²) >= 11 is 1.77. The lowest BCUT2D eigenvalue weighted by molar-refractivity contribution is 0.266. The molecule has 20 heavy (non-hydrogen) atoms. The fourth-order valence-corrected chi connectivity index (χ4v) is 3.84. The van der Waals surface area contributed by atoms with Crippen LogP contribution in [0.1, 0.15) is 25.8 Å². The minimum atomic E-state index is 0.671. The Labute approximate surface area is 125 Å². The third-order valence-electron chi connectivity index (χ3n) is 4.21. The molecule has 0 aliphatic carbocycles. The number of aromatic nitrogens is 1. The molecule has 2 heterocycles. The van der Waals surface area contributed by atoms with Crippen LogP contribution in [0.5, 0.6) is 0 Å². The predicted octanol–water partition coefficient (Wildman–Crippen LogP) is 3.75. The minimum absolute atomic E-state index is 0.671. The highest BCUT2D eigenvalue weighted by atomic mass is 32.1. The van der Waals surface area contributed by atoms with Crippen molar-refractivity contribution in [2.45, 2.75) is 33.2 Å². The predicted molar refractivity (Wildman–Crippen MR) is 87.7 cm³/mol. The SMILES string of the molecule is Cc1cccc2sc(NCC3CCN(C(C)C)C3)nc12. The van der Waals surface area contributed by atoms with Crippen molar-refractivity contribution in [1.82, 2.24) is 9.88 Å². The highest BCUT2D eigenvalue weighted by Crippen LogP contribution is 2.28. The van der Waals surface area contributed by atoms with E-state index in [9.17, 15) is 0 Å². The van der Waals surface area contributed by atoms with Gasteiger partial charge in [-0.05, 0) is 51.3 Å². The molecular weight excluding hydrogens is 266 g/mol. The van der Waals surface area contributed by atoms with Crippen LogP contribution in [0.3, 0.4) is 0 Å². The smallest absolute Gasteiger partial charge is 0.183 e. The van der Waals surface area contributed by atoms with Gasteiger partial charge in [-0.1, -0.05) is 23.5 Å². The Morgan fingerprint density at radius 1 is 1.45 bits per heavy atom. The molecule has 108 valence electrons. The second kappa shape index (κ2) is 5.70. The van der Waals surface area contributed by atoms with E-state index < -0.39 is 0 Å². The molecule has 1 saturated heterocycles. The fraction of sp³-hybridized carbons (Fsp3) is 0.562. The summed E-state index contributed by atoms with van der Waals surface area (Å²) in [5.74, 6) is 0.755. The van der Waals surface area contributed by atoms with E-state index in [4.69, 9.17) is 4.98 Å². The number of fused-ring (bicyclic) bond motifs is 1. The van der Waals surface area contributed by atoms with Crippen molar-refractivity contribution in [3.05, 3.63) is 23.8 Å². The maximum absolute atomic E-state index is 4.72. The molecule has 3 nitrogen and oxygen atoms in total. The van der Waals surface area contributed by atoms with Crippen molar-refractivity contribution in [3.63, 3.8) is 0 Å². The van der Waals surface area contributed by atoms with Crippen molar-refractivity contribution >= 4 is 26.7 Å². The number of anilines is 1. The van der Waals surface area contributed by atoms with Crippen molar-refractivity contribution < 1.29 is 0 Å². The van der Waals surface area contributed by atoms with Crippen LogP contribution in [-0.2, 0) is 0 Å². The van der Waals surface area contributed by atoms with Crippen LogP contribution in [0.4, 0.5) is 5.13 Å². The molecular formula is C16H23N3S. The molecule has 1 aromatic heterocycles. The molecule has 1 aromatic carbocycles. The molecule has 2 aromatic rings. The van der Waals surface area contributed by atoms with Crippen molar-refractivity contribution in [1.29, 1.82) is 0 Å². The first-order chi connectivity index (χ1) is 9.63. The van der Waals surface area contributed by atoms with Crippen LogP contribution in [0.15, 0.2) is 18.2 Å². The topological polar surface area (TPSA) is 28.2 Å². The molecule has 1 unspecified atom stereocenters. The Morgan fingerprint density at radius 2 is 2.30 bits per heavy atom. The lowest BCUT2D eigenvalue weighted by atomic mass is 10.1. The summed E-state index contributed by atoms with van der Waals surface area (Å²) in [5, 5.41) is 4.61. The summed E-state index contributed by atoms with van der Waals surface area (Å²) < 4.78 is 1.28. The first-order valence-corrected chi connectivity index (χ1v) is 8.29. The van der Waals surface area contributed by atoms with E-state index in [-0.39, 0.29) is 0 Å². The molecule has 1 fully saturated rings. The minimum Gasteiger partial charge on any atom is -0.361 e. The summed E-state index contributed by atoms with van der Waals surface area (Å²) in [6.45, 7) is 10.2. The Bertz CT molecular complexity index is 590. The zero-order valence-corrected chi connectivity index (χ0v) is 13.3. The van der Waals surface area contributed by atoms with Gasteiger partial charge >= 0.3 is 0 Å². The van der Waals surface area contributed by atoms with Gasteiger partial charge in [0.05, 0.1) is 10.2 Å². The molecule has 0 amide bonds. The fourth-order valence-electron chi connectivity index (χ4n) is 2.89. The summed E-state index contributed by atoms with van der Waals surface area (Å²) in [6.07, 6.45) is 1.30. The second-order valence-corrected chi connectivity index (χ2v) is 7.10. The standard InChI is InChI=1S/C16H23N3S/c1-11(2)19-8-7-13(10-19)9-17-16-18-15-12(3)5-4-6-14(15)20-16/h4-6,11,13H,7-10H2,1-3H3,(H,17,18). The van der Waals surface area contributed by atoms with Gasteiger partial charge in [-0.25, -0.2) is 4.98 Å². The number of benzene rings is 1. The van der Waals surface area contributed by atoms with Crippen molar-refractivity contribution in [2.24, 2.45) is 5.92 Å². The largest absolute Gasteiger partial charge is 0.361 e. The molecule has 4 heteroatoms. The number of nitrogens with zero attached hydrogens (tertiary/aromatic N) is 2. The number of rotatable bonds is 4. The average Bonchev–Trinajstić information content (AvgIpc) is 3.03. The van der Waals surface area contributed by atoms with Crippen LogP contribution in [-0.4, -0.2) is 35.6 Å². The normalized spacial score (nSPS) is 20.1. The van der Waals surface area contributed by atoms with Gasteiger partial charge in [0.2, 0.25) is 0 Å². The van der Waals surface area contributed by atoms with Crippen LogP contribution in [0.2, 0.25) is 0 Å². The van der Waals surface area contributed by atoms with Gasteiger partial charge < -0.3 is 10.2 Å². The van der Waals surface area contributed by atoms with E-state index in [1.54, 1.807) is 11.3 Å². The first-order valence-electron chi connectivity index (χ1n) is 7.47. The molecule has 0 saturated carbocycles. The summed E-state index contributed by atoms with van der Waals surface area (Å²) in [5.41, 5.74) is 2.41. The maximum atomic E-state index is 4.72. The lowest BCUT2D eigenvalue weighted by Crippen LogP contribution is -2.29. The quantitative estimate of drug-likeness (QED) is 0.929. The third kappa shape index (κ3) is 2.81. The zero-order valence-electron chi connectivity index (χ0n) is 12.5. The third-order valence-corrected chi connectivity index (χ3v) is 5.19. The Morgan fingerprint density at radius 3 is 3.00 bits per heavy atom.